The summed E-state index contributed by atoms with van der Waals surface area (Å²) in [6, 6.07) is 12.4. The summed E-state index contributed by atoms with van der Waals surface area (Å²) in [6.45, 7) is -2.71. The van der Waals surface area contributed by atoms with Gasteiger partial charge in [0.05, 0.1) is 50.9 Å². The molecule has 4 heterocycles. The summed E-state index contributed by atoms with van der Waals surface area (Å²) in [6.07, 6.45) is -1.98. The molecule has 2 amide bonds. The summed E-state index contributed by atoms with van der Waals surface area (Å²) in [5.74, 6) is -2.17. The lowest BCUT2D eigenvalue weighted by atomic mass is 9.84. The number of ether oxygens (including phenoxy) is 5. The Morgan fingerprint density at radius 2 is 1.73 bits per heavy atom. The van der Waals surface area contributed by atoms with E-state index in [1.807, 2.05) is 79.4 Å². The van der Waals surface area contributed by atoms with Crippen molar-refractivity contribution in [3.63, 3.8) is 0 Å². The number of hydrogen-bond acceptors (Lipinski definition) is 24. The molecular formula is C49H61N7O24P4. The first-order valence-corrected chi connectivity index (χ1v) is 31.0. The largest absolute Gasteiger partial charge is 0.488 e. The number of nitriles is 1. The molecule has 9 atom stereocenters. The van der Waals surface area contributed by atoms with E-state index in [2.05, 4.69) is 23.6 Å². The highest BCUT2D eigenvalue weighted by molar-refractivity contribution is 7.72. The van der Waals surface area contributed by atoms with E-state index >= 15 is 0 Å². The molecule has 3 aliphatic heterocycles. The number of aromatic nitrogens is 2. The van der Waals surface area contributed by atoms with Crippen LogP contribution in [0.5, 0.6) is 5.75 Å². The van der Waals surface area contributed by atoms with Gasteiger partial charge in [-0.25, -0.2) is 31.9 Å². The van der Waals surface area contributed by atoms with Gasteiger partial charge in [0, 0.05) is 100 Å². The summed E-state index contributed by atoms with van der Waals surface area (Å²) in [5, 5.41) is 25.0. The van der Waals surface area contributed by atoms with E-state index in [4.69, 9.17) is 41.8 Å². The van der Waals surface area contributed by atoms with Crippen molar-refractivity contribution in [2.75, 3.05) is 86.8 Å². The summed E-state index contributed by atoms with van der Waals surface area (Å²) in [7, 11) is -8.40. The van der Waals surface area contributed by atoms with Crippen LogP contribution in [0.3, 0.4) is 0 Å². The molecule has 2 saturated heterocycles. The molecule has 35 heteroatoms. The number of likely N-dealkylation sites (N-methyl/N-ethyl adjacent to an activating group) is 1. The number of phosphoric ester groups is 1. The van der Waals surface area contributed by atoms with Gasteiger partial charge in [0.25, 0.3) is 11.5 Å². The summed E-state index contributed by atoms with van der Waals surface area (Å²) >= 11 is 0. The number of carbonyl (C=O) groups is 4. The minimum Gasteiger partial charge on any atom is -0.478 e. The Morgan fingerprint density at radius 3 is 2.39 bits per heavy atom. The van der Waals surface area contributed by atoms with Crippen molar-refractivity contribution in [2.24, 2.45) is 0 Å². The number of methoxy groups -OCH3 is 1. The molecular weight excluding hydrogens is 1190 g/mol. The molecule has 0 bridgehead atoms. The number of rotatable bonds is 28. The number of nitrogens with zero attached hydrogens (tertiary/aromatic N) is 4. The number of carboxylic acids is 1. The molecule has 0 radical (unpaired) electrons. The van der Waals surface area contributed by atoms with Crippen molar-refractivity contribution in [3.05, 3.63) is 121 Å². The molecule has 6 unspecified atom stereocenters. The number of aromatic amines is 1. The minimum absolute atomic E-state index is 0.0213. The minimum atomic E-state index is -5.16. The van der Waals surface area contributed by atoms with E-state index in [0.717, 1.165) is 29.6 Å². The number of esters is 1. The molecule has 6 N–H and O–H groups in total. The Bertz CT molecular complexity index is 3340. The van der Waals surface area contributed by atoms with Crippen LogP contribution < -0.4 is 31.5 Å². The third kappa shape index (κ3) is 17.1. The zero-order chi connectivity index (χ0) is 61.1. The highest BCUT2D eigenvalue weighted by Crippen LogP contribution is 2.76. The van der Waals surface area contributed by atoms with E-state index in [9.17, 15) is 62.6 Å². The summed E-state index contributed by atoms with van der Waals surface area (Å²) in [5.41, 5.74) is 1.09. The van der Waals surface area contributed by atoms with E-state index in [1.54, 1.807) is 6.07 Å². The van der Waals surface area contributed by atoms with Crippen molar-refractivity contribution >= 4 is 67.1 Å². The first-order valence-electron chi connectivity index (χ1n) is 25.4. The predicted molar refractivity (Wildman–Crippen MR) is 293 cm³/mol. The molecule has 2 aromatic carbocycles. The van der Waals surface area contributed by atoms with Crippen LogP contribution in [0.1, 0.15) is 63.8 Å². The molecule has 456 valence electrons. The lowest BCUT2D eigenvalue weighted by Gasteiger charge is -2.31. The second kappa shape index (κ2) is 28.9. The van der Waals surface area contributed by atoms with Crippen molar-refractivity contribution < 1.29 is 102 Å². The van der Waals surface area contributed by atoms with Gasteiger partial charge in [-0.05, 0) is 62.5 Å². The van der Waals surface area contributed by atoms with Crippen LogP contribution in [0.25, 0.3) is 5.57 Å². The van der Waals surface area contributed by atoms with Crippen LogP contribution in [0.4, 0.5) is 5.69 Å². The van der Waals surface area contributed by atoms with Crippen LogP contribution in [0.2, 0.25) is 0 Å². The fourth-order valence-electron chi connectivity index (χ4n) is 8.54. The number of phosphoric acid groups is 3. The van der Waals surface area contributed by atoms with Crippen molar-refractivity contribution in [2.45, 2.75) is 62.4 Å². The van der Waals surface area contributed by atoms with Crippen molar-refractivity contribution in [3.8, 4) is 11.8 Å². The number of benzene rings is 2. The number of carboxylic acid groups (broad SMARTS) is 1. The predicted octanol–water partition coefficient (Wildman–Crippen LogP) is 4.01. The topological polar surface area (TPSA) is 400 Å². The monoisotopic (exact) mass is 1260 g/mol. The zero-order valence-electron chi connectivity index (χ0n) is 45.9. The number of aromatic carboxylic acids is 1. The fourth-order valence-corrected chi connectivity index (χ4v) is 14.1. The number of anilines is 1. The van der Waals surface area contributed by atoms with Gasteiger partial charge >= 0.3 is 49.7 Å². The molecule has 2 fully saturated rings. The highest BCUT2D eigenvalue weighted by Gasteiger charge is 2.53. The molecule has 84 heavy (non-hydrogen) atoms. The quantitative estimate of drug-likeness (QED) is 0.0340. The Hall–Kier alpha value is -6.09. The van der Waals surface area contributed by atoms with Crippen molar-refractivity contribution in [1.29, 1.82) is 5.26 Å². The number of H-pyrrole nitrogens is 1. The Balaban J connectivity index is 1.05. The molecule has 3 aromatic rings. The van der Waals surface area contributed by atoms with E-state index < -0.39 is 131 Å². The van der Waals surface area contributed by atoms with Gasteiger partial charge in [0.2, 0.25) is 5.91 Å². The first kappa shape index (κ1) is 65.5. The van der Waals surface area contributed by atoms with Gasteiger partial charge in [-0.3, -0.25) is 47.2 Å². The van der Waals surface area contributed by atoms with Crippen LogP contribution in [-0.4, -0.2) is 165 Å². The van der Waals surface area contributed by atoms with Crippen molar-refractivity contribution in [1.82, 2.24) is 25.1 Å². The number of carbonyl (C=O) groups excluding carboxylic acids is 3. The van der Waals surface area contributed by atoms with Gasteiger partial charge in [0.1, 0.15) is 35.9 Å². The molecule has 0 spiro atoms. The Kier molecular flexibility index (Phi) is 22.5. The molecule has 31 nitrogen and oxygen atoms in total. The molecule has 0 saturated carbocycles. The van der Waals surface area contributed by atoms with Crippen LogP contribution in [0.15, 0.2) is 87.8 Å². The molecule has 1 aromatic heterocycles. The average Bonchev–Trinajstić information content (AvgIpc) is 2.88. The van der Waals surface area contributed by atoms with Gasteiger partial charge < -0.3 is 58.6 Å². The Morgan fingerprint density at radius 1 is 0.976 bits per heavy atom. The fraction of sp³-hybridized carbons (Fsp3) is 0.449. The summed E-state index contributed by atoms with van der Waals surface area (Å²) in [4.78, 5) is 102. The highest BCUT2D eigenvalue weighted by atomic mass is 31.3. The number of allylic oxidation sites excluding steroid dienone is 1. The maximum atomic E-state index is 14.7. The smallest absolute Gasteiger partial charge is 0.478 e. The normalized spacial score (nSPS) is 24.6. The maximum absolute atomic E-state index is 14.7. The number of fused-ring (bicyclic) bond motifs is 2. The third-order valence-electron chi connectivity index (χ3n) is 12.6. The van der Waals surface area contributed by atoms with E-state index in [-0.39, 0.29) is 55.1 Å². The second-order valence-electron chi connectivity index (χ2n) is 18.9. The maximum Gasteiger partial charge on any atom is 0.488 e. The zero-order valence-corrected chi connectivity index (χ0v) is 49.5. The van der Waals surface area contributed by atoms with Crippen LogP contribution >= 0.6 is 32.1 Å². The first-order chi connectivity index (χ1) is 39.8. The van der Waals surface area contributed by atoms with Gasteiger partial charge in [0.15, 0.2) is 6.23 Å². The number of nitrogens with one attached hydrogen (secondary N) is 3. The van der Waals surface area contributed by atoms with E-state index in [0.29, 0.717) is 28.2 Å². The summed E-state index contributed by atoms with van der Waals surface area (Å²) < 4.78 is 105. The SMILES string of the molecule is CNC(=O)CCC(=O)OC(COCCCNC(=O)c1ccc(C(=O)O)c(C2=C3C=CC(N(C)C)C=C3Oc3cc(N(C)C)ccc32)c1)COP(=O)(OCCC#N)OC1[C@@H](OC)[C@@H](COP2OP(=O)(O)OP(=O)(O)O2)O[C@H]1n1ccc(=O)[nH]c1=O. The van der Waals surface area contributed by atoms with Crippen LogP contribution in [0, 0.1) is 11.3 Å². The second-order valence-corrected chi connectivity index (χ2v) is 25.0. The van der Waals surface area contributed by atoms with Gasteiger partial charge in [-0.1, -0.05) is 12.2 Å². The molecule has 1 aliphatic carbocycles. The molecule has 4 aliphatic rings. The van der Waals surface area contributed by atoms with Gasteiger partial charge in [-0.2, -0.15) is 9.57 Å². The lowest BCUT2D eigenvalue weighted by molar-refractivity contribution is -0.155. The Labute approximate surface area is 480 Å². The lowest BCUT2D eigenvalue weighted by Crippen LogP contribution is -2.40. The van der Waals surface area contributed by atoms with E-state index in [1.165, 1.54) is 25.2 Å². The van der Waals surface area contributed by atoms with Crippen LogP contribution in [-0.2, 0) is 73.3 Å². The molecule has 7 rings (SSSR count). The third-order valence-corrected chi connectivity index (χ3v) is 18.8. The van der Waals surface area contributed by atoms with Gasteiger partial charge in [-0.15, -0.1) is 0 Å². The standard InChI is InChI=1S/C49H61N7O24P4/c1-51-40(57)15-16-42(59)74-32(27-73-84(68,72-22-7-18-50)77-45-44(69-6)39(76-47(45)56-20-17-41(58)53-49(56)63)28-71-81-78-82(64,65)80-83(66,67)79-81)26-70-21-8-19-52-46(60)29-9-12-33(48(61)62)36(23-29)43-34-13-10-30(54(2)3)24-37(34)75-38-25-31(55(4)5)11-14-35(38)43/h9-14,17,20,23-25,30,32,39,44-45,47H,7-8,15-16,19,21-22,26-28H2,1-6H3,(H,51,57)(H,52,60)(H,61,62)(H,64,65)(H,66,67)(H,53,58,63)/t30?,32?,39-,44+,45?,47-,84?/m1/s1. The number of amides is 2. The average molecular weight is 1260 g/mol. The number of hydrogen-bond donors (Lipinski definition) is 6.